The monoisotopic (exact) mass is 302 g/mol. The zero-order valence-corrected chi connectivity index (χ0v) is 10.7. The van der Waals surface area contributed by atoms with Gasteiger partial charge in [-0.1, -0.05) is 11.6 Å². The molecule has 1 nitrogen and oxygen atoms in total. The first-order chi connectivity index (χ1) is 7.81. The standard InChI is InChI=1S/C10H7Cl2F3OS/c11-5-8(16)4-6-3-7(12)1-2-9(6)17-10(13,14)15/h1-3H,4-5H2. The van der Waals surface area contributed by atoms with E-state index in [-0.39, 0.29) is 45.3 Å². The highest BCUT2D eigenvalue weighted by molar-refractivity contribution is 8.00. The minimum Gasteiger partial charge on any atom is -0.298 e. The Bertz CT molecular complexity index is 421. The summed E-state index contributed by atoms with van der Waals surface area (Å²) in [6, 6.07) is 3.95. The summed E-state index contributed by atoms with van der Waals surface area (Å²) in [4.78, 5) is 11.1. The van der Waals surface area contributed by atoms with Crippen LogP contribution in [0.25, 0.3) is 0 Å². The number of hydrogen-bond donors (Lipinski definition) is 0. The topological polar surface area (TPSA) is 17.1 Å². The maximum Gasteiger partial charge on any atom is 0.446 e. The highest BCUT2D eigenvalue weighted by Gasteiger charge is 2.30. The molecular weight excluding hydrogens is 296 g/mol. The second-order valence-electron chi connectivity index (χ2n) is 3.15. The Morgan fingerprint density at radius 2 is 2.00 bits per heavy atom. The molecule has 0 fully saturated rings. The fraction of sp³-hybridized carbons (Fsp3) is 0.300. The van der Waals surface area contributed by atoms with Crippen LogP contribution in [-0.2, 0) is 11.2 Å². The summed E-state index contributed by atoms with van der Waals surface area (Å²) in [6.07, 6.45) is -0.150. The molecule has 1 aromatic carbocycles. The van der Waals surface area contributed by atoms with E-state index in [0.717, 1.165) is 0 Å². The predicted molar refractivity (Wildman–Crippen MR) is 62.8 cm³/mol. The van der Waals surface area contributed by atoms with Crippen LogP contribution in [0.3, 0.4) is 0 Å². The van der Waals surface area contributed by atoms with Crippen LogP contribution in [0.5, 0.6) is 0 Å². The average Bonchev–Trinajstić information content (AvgIpc) is 2.20. The molecule has 0 aliphatic carbocycles. The molecule has 7 heteroatoms. The van der Waals surface area contributed by atoms with E-state index in [2.05, 4.69) is 0 Å². The quantitative estimate of drug-likeness (QED) is 0.609. The van der Waals surface area contributed by atoms with Crippen LogP contribution in [0.15, 0.2) is 23.1 Å². The highest BCUT2D eigenvalue weighted by Crippen LogP contribution is 2.39. The fourth-order valence-electron chi connectivity index (χ4n) is 1.17. The number of Topliss-reactive ketones (excluding diaryl/α,β-unsaturated/α-hetero) is 1. The number of rotatable bonds is 4. The van der Waals surface area contributed by atoms with E-state index >= 15 is 0 Å². The average molecular weight is 303 g/mol. The molecule has 0 spiro atoms. The SMILES string of the molecule is O=C(CCl)Cc1cc(Cl)ccc1SC(F)(F)F. The van der Waals surface area contributed by atoms with Gasteiger partial charge in [-0.25, -0.2) is 0 Å². The molecule has 1 rings (SSSR count). The molecule has 17 heavy (non-hydrogen) atoms. The van der Waals surface area contributed by atoms with Gasteiger partial charge in [0.25, 0.3) is 0 Å². The maximum atomic E-state index is 12.3. The Balaban J connectivity index is 2.99. The third-order valence-corrected chi connectivity index (χ3v) is 3.17. The molecule has 0 aromatic heterocycles. The summed E-state index contributed by atoms with van der Waals surface area (Å²) < 4.78 is 36.8. The number of carbonyl (C=O) groups is 1. The lowest BCUT2D eigenvalue weighted by molar-refractivity contribution is -0.116. The third kappa shape index (κ3) is 5.19. The smallest absolute Gasteiger partial charge is 0.298 e. The number of thioether (sulfide) groups is 1. The molecule has 0 bridgehead atoms. The lowest BCUT2D eigenvalue weighted by atomic mass is 10.1. The second kappa shape index (κ2) is 5.98. The van der Waals surface area contributed by atoms with Crippen LogP contribution >= 0.6 is 35.0 Å². The maximum absolute atomic E-state index is 12.3. The van der Waals surface area contributed by atoms with E-state index in [0.29, 0.717) is 0 Å². The van der Waals surface area contributed by atoms with Gasteiger partial charge in [0, 0.05) is 16.3 Å². The summed E-state index contributed by atoms with van der Waals surface area (Å²) in [5.74, 6) is -0.583. The highest BCUT2D eigenvalue weighted by atomic mass is 35.5. The molecule has 0 heterocycles. The van der Waals surface area contributed by atoms with Crippen molar-refractivity contribution in [2.24, 2.45) is 0 Å². The van der Waals surface area contributed by atoms with Gasteiger partial charge < -0.3 is 0 Å². The third-order valence-electron chi connectivity index (χ3n) is 1.78. The van der Waals surface area contributed by atoms with Crippen molar-refractivity contribution in [3.63, 3.8) is 0 Å². The zero-order chi connectivity index (χ0) is 13.1. The number of ketones is 1. The molecule has 94 valence electrons. The van der Waals surface area contributed by atoms with Gasteiger partial charge in [-0.3, -0.25) is 4.79 Å². The Labute approximate surface area is 110 Å². The van der Waals surface area contributed by atoms with Gasteiger partial charge in [0.1, 0.15) is 0 Å². The van der Waals surface area contributed by atoms with Crippen LogP contribution in [0, 0.1) is 0 Å². The van der Waals surface area contributed by atoms with Crippen molar-refractivity contribution in [2.45, 2.75) is 16.8 Å². The number of carbonyl (C=O) groups excluding carboxylic acids is 1. The van der Waals surface area contributed by atoms with Crippen molar-refractivity contribution in [2.75, 3.05) is 5.88 Å². The molecule has 0 aliphatic rings. The van der Waals surface area contributed by atoms with E-state index in [9.17, 15) is 18.0 Å². The van der Waals surface area contributed by atoms with Crippen molar-refractivity contribution in [3.05, 3.63) is 28.8 Å². The largest absolute Gasteiger partial charge is 0.446 e. The van der Waals surface area contributed by atoms with Crippen molar-refractivity contribution in [3.8, 4) is 0 Å². The zero-order valence-electron chi connectivity index (χ0n) is 8.35. The first-order valence-corrected chi connectivity index (χ1v) is 6.16. The van der Waals surface area contributed by atoms with Crippen LogP contribution in [0.4, 0.5) is 13.2 Å². The predicted octanol–water partition coefficient (Wildman–Crippen LogP) is 4.30. The number of halogens is 5. The van der Waals surface area contributed by atoms with Crippen molar-refractivity contribution >= 4 is 40.7 Å². The molecule has 1 aromatic rings. The Morgan fingerprint density at radius 1 is 1.35 bits per heavy atom. The minimum absolute atomic E-state index is 0.0274. The van der Waals surface area contributed by atoms with E-state index in [1.54, 1.807) is 0 Å². The van der Waals surface area contributed by atoms with Crippen LogP contribution in [-0.4, -0.2) is 17.2 Å². The molecule has 0 saturated heterocycles. The number of hydrogen-bond acceptors (Lipinski definition) is 2. The fourth-order valence-corrected chi connectivity index (χ4v) is 2.11. The Hall–Kier alpha value is -0.390. The Kier molecular flexibility index (Phi) is 5.16. The minimum atomic E-state index is -4.40. The number of alkyl halides is 4. The molecule has 0 unspecified atom stereocenters. The van der Waals surface area contributed by atoms with Crippen LogP contribution < -0.4 is 0 Å². The first-order valence-electron chi connectivity index (χ1n) is 4.43. The summed E-state index contributed by atoms with van der Waals surface area (Å²) >= 11 is 10.7. The second-order valence-corrected chi connectivity index (χ2v) is 4.96. The van der Waals surface area contributed by atoms with E-state index in [4.69, 9.17) is 23.2 Å². The summed E-state index contributed by atoms with van der Waals surface area (Å²) in [6.45, 7) is 0. The molecule has 0 saturated carbocycles. The van der Waals surface area contributed by atoms with E-state index < -0.39 is 5.51 Å². The van der Waals surface area contributed by atoms with Crippen molar-refractivity contribution in [1.82, 2.24) is 0 Å². The first kappa shape index (κ1) is 14.7. The van der Waals surface area contributed by atoms with Gasteiger partial charge in [-0.15, -0.1) is 11.6 Å². The van der Waals surface area contributed by atoms with Gasteiger partial charge in [0.05, 0.1) is 5.88 Å². The van der Waals surface area contributed by atoms with Gasteiger partial charge >= 0.3 is 5.51 Å². The molecule has 0 radical (unpaired) electrons. The molecule has 0 amide bonds. The molecule has 0 N–H and O–H groups in total. The van der Waals surface area contributed by atoms with Crippen molar-refractivity contribution < 1.29 is 18.0 Å². The van der Waals surface area contributed by atoms with E-state index in [1.165, 1.54) is 18.2 Å². The van der Waals surface area contributed by atoms with Crippen molar-refractivity contribution in [1.29, 1.82) is 0 Å². The molecule has 0 aliphatic heterocycles. The van der Waals surface area contributed by atoms with Crippen LogP contribution in [0.2, 0.25) is 5.02 Å². The lowest BCUT2D eigenvalue weighted by Gasteiger charge is -2.10. The number of benzene rings is 1. The molecule has 0 atom stereocenters. The lowest BCUT2D eigenvalue weighted by Crippen LogP contribution is -2.07. The normalized spacial score (nSPS) is 11.6. The molecular formula is C10H7Cl2F3OS. The van der Waals surface area contributed by atoms with Gasteiger partial charge in [0.15, 0.2) is 5.78 Å². The van der Waals surface area contributed by atoms with Crippen LogP contribution in [0.1, 0.15) is 5.56 Å². The van der Waals surface area contributed by atoms with Gasteiger partial charge in [0.2, 0.25) is 0 Å². The van der Waals surface area contributed by atoms with Gasteiger partial charge in [-0.05, 0) is 35.5 Å². The van der Waals surface area contributed by atoms with E-state index in [1.807, 2.05) is 0 Å². The Morgan fingerprint density at radius 3 is 2.53 bits per heavy atom. The summed E-state index contributed by atoms with van der Waals surface area (Å²) in [7, 11) is 0. The summed E-state index contributed by atoms with van der Waals surface area (Å²) in [5, 5.41) is 0.286. The summed E-state index contributed by atoms with van der Waals surface area (Å²) in [5.41, 5.74) is -4.16. The van der Waals surface area contributed by atoms with Gasteiger partial charge in [-0.2, -0.15) is 13.2 Å².